The van der Waals surface area contributed by atoms with Crippen LogP contribution in [0.5, 0.6) is 5.75 Å². The van der Waals surface area contributed by atoms with Crippen LogP contribution in [-0.4, -0.2) is 5.78 Å². The van der Waals surface area contributed by atoms with Crippen molar-refractivity contribution in [3.63, 3.8) is 0 Å². The minimum Gasteiger partial charge on any atom is -0.488 e. The highest BCUT2D eigenvalue weighted by atomic mass is 79.9. The molecule has 0 spiro atoms. The average Bonchev–Trinajstić information content (AvgIpc) is 2.41. The van der Waals surface area contributed by atoms with Gasteiger partial charge in [0, 0.05) is 11.3 Å². The Bertz CT molecular complexity index is 658. The van der Waals surface area contributed by atoms with Crippen LogP contribution in [0.4, 0.5) is 10.1 Å². The molecule has 0 unspecified atom stereocenters. The number of carbonyl (C=O) groups excluding carboxylic acids is 1. The second kappa shape index (κ2) is 6.05. The van der Waals surface area contributed by atoms with Gasteiger partial charge in [0.25, 0.3) is 0 Å². The Morgan fingerprint density at radius 1 is 1.35 bits per heavy atom. The molecule has 0 amide bonds. The number of hydrogen-bond acceptors (Lipinski definition) is 3. The van der Waals surface area contributed by atoms with Gasteiger partial charge in [-0.2, -0.15) is 0 Å². The van der Waals surface area contributed by atoms with E-state index in [1.807, 2.05) is 0 Å². The van der Waals surface area contributed by atoms with Crippen molar-refractivity contribution >= 4 is 27.4 Å². The summed E-state index contributed by atoms with van der Waals surface area (Å²) < 4.78 is 19.4. The maximum Gasteiger partial charge on any atom is 0.163 e. The van der Waals surface area contributed by atoms with Crippen LogP contribution in [0.2, 0.25) is 0 Å². The number of anilines is 1. The first-order chi connectivity index (χ1) is 9.49. The van der Waals surface area contributed by atoms with E-state index in [4.69, 9.17) is 10.5 Å². The summed E-state index contributed by atoms with van der Waals surface area (Å²) in [6.07, 6.45) is 0. The van der Waals surface area contributed by atoms with Gasteiger partial charge in [-0.15, -0.1) is 0 Å². The normalized spacial score (nSPS) is 10.3. The molecule has 0 saturated heterocycles. The summed E-state index contributed by atoms with van der Waals surface area (Å²) in [5, 5.41) is 0. The monoisotopic (exact) mass is 337 g/mol. The Morgan fingerprint density at radius 2 is 2.10 bits per heavy atom. The van der Waals surface area contributed by atoms with Crippen LogP contribution in [0.25, 0.3) is 0 Å². The Kier molecular flexibility index (Phi) is 4.39. The molecule has 0 atom stereocenters. The van der Waals surface area contributed by atoms with Crippen LogP contribution in [0.3, 0.4) is 0 Å². The molecule has 0 aromatic heterocycles. The molecule has 0 aliphatic carbocycles. The van der Waals surface area contributed by atoms with Gasteiger partial charge >= 0.3 is 0 Å². The van der Waals surface area contributed by atoms with Gasteiger partial charge in [0.15, 0.2) is 5.78 Å². The molecule has 2 aromatic carbocycles. The first-order valence-electron chi connectivity index (χ1n) is 5.95. The van der Waals surface area contributed by atoms with Crippen molar-refractivity contribution in [1.82, 2.24) is 0 Å². The van der Waals surface area contributed by atoms with Gasteiger partial charge in [0.1, 0.15) is 18.2 Å². The number of ketones is 1. The molecule has 0 radical (unpaired) electrons. The Morgan fingerprint density at radius 3 is 2.80 bits per heavy atom. The average molecular weight is 338 g/mol. The fourth-order valence-corrected chi connectivity index (χ4v) is 2.14. The van der Waals surface area contributed by atoms with Gasteiger partial charge < -0.3 is 10.5 Å². The summed E-state index contributed by atoms with van der Waals surface area (Å²) in [7, 11) is 0. The highest BCUT2D eigenvalue weighted by molar-refractivity contribution is 9.10. The molecule has 2 rings (SSSR count). The van der Waals surface area contributed by atoms with Crippen LogP contribution >= 0.6 is 15.9 Å². The summed E-state index contributed by atoms with van der Waals surface area (Å²) in [6, 6.07) is 9.57. The fraction of sp³-hybridized carbons (Fsp3) is 0.133. The van der Waals surface area contributed by atoms with E-state index in [2.05, 4.69) is 15.9 Å². The second-order valence-electron chi connectivity index (χ2n) is 4.31. The zero-order valence-electron chi connectivity index (χ0n) is 10.8. The van der Waals surface area contributed by atoms with Crippen molar-refractivity contribution < 1.29 is 13.9 Å². The third-order valence-corrected chi connectivity index (χ3v) is 3.69. The van der Waals surface area contributed by atoms with Crippen LogP contribution in [0, 0.1) is 5.82 Å². The number of halogens is 2. The summed E-state index contributed by atoms with van der Waals surface area (Å²) in [5.74, 6) is -0.0522. The van der Waals surface area contributed by atoms with E-state index in [1.54, 1.807) is 30.3 Å². The SMILES string of the molecule is CC(=O)c1cc(N)ccc1OCc1cccc(F)c1Br. The van der Waals surface area contributed by atoms with Gasteiger partial charge in [-0.1, -0.05) is 12.1 Å². The van der Waals surface area contributed by atoms with Crippen molar-refractivity contribution in [2.75, 3.05) is 5.73 Å². The molecule has 5 heteroatoms. The molecule has 0 fully saturated rings. The number of nitrogen functional groups attached to an aromatic ring is 1. The fourth-order valence-electron chi connectivity index (χ4n) is 1.76. The summed E-state index contributed by atoms with van der Waals surface area (Å²) >= 11 is 3.17. The van der Waals surface area contributed by atoms with E-state index in [0.717, 1.165) is 0 Å². The Hall–Kier alpha value is -1.88. The van der Waals surface area contributed by atoms with E-state index in [-0.39, 0.29) is 18.2 Å². The molecule has 0 aliphatic rings. The lowest BCUT2D eigenvalue weighted by Gasteiger charge is -2.11. The quantitative estimate of drug-likeness (QED) is 0.678. The van der Waals surface area contributed by atoms with Crippen molar-refractivity contribution in [3.8, 4) is 5.75 Å². The summed E-state index contributed by atoms with van der Waals surface area (Å²) in [5.41, 5.74) is 7.22. The topological polar surface area (TPSA) is 52.3 Å². The van der Waals surface area contributed by atoms with Gasteiger partial charge in [-0.05, 0) is 47.1 Å². The minimum atomic E-state index is -0.352. The highest BCUT2D eigenvalue weighted by Gasteiger charge is 2.11. The zero-order valence-corrected chi connectivity index (χ0v) is 12.4. The number of ether oxygens (including phenoxy) is 1. The number of benzene rings is 2. The molecule has 3 nitrogen and oxygen atoms in total. The first-order valence-corrected chi connectivity index (χ1v) is 6.74. The third-order valence-electron chi connectivity index (χ3n) is 2.80. The third kappa shape index (κ3) is 3.17. The minimum absolute atomic E-state index is 0.134. The number of nitrogens with two attached hydrogens (primary N) is 1. The van der Waals surface area contributed by atoms with E-state index >= 15 is 0 Å². The van der Waals surface area contributed by atoms with Crippen molar-refractivity contribution in [2.24, 2.45) is 0 Å². The van der Waals surface area contributed by atoms with Crippen LogP contribution in [-0.2, 0) is 6.61 Å². The maximum absolute atomic E-state index is 13.4. The molecule has 2 N–H and O–H groups in total. The molecule has 0 aliphatic heterocycles. The molecule has 104 valence electrons. The standard InChI is InChI=1S/C15H13BrFNO2/c1-9(19)12-7-11(18)5-6-14(12)20-8-10-3-2-4-13(17)15(10)16/h2-7H,8,18H2,1H3. The summed E-state index contributed by atoms with van der Waals surface area (Å²) in [4.78, 5) is 11.5. The van der Waals surface area contributed by atoms with Gasteiger partial charge in [-0.3, -0.25) is 4.79 Å². The first kappa shape index (κ1) is 14.5. The molecule has 0 heterocycles. The predicted octanol–water partition coefficient (Wildman–Crippen LogP) is 3.95. The van der Waals surface area contributed by atoms with Crippen molar-refractivity contribution in [2.45, 2.75) is 13.5 Å². The highest BCUT2D eigenvalue weighted by Crippen LogP contribution is 2.25. The van der Waals surface area contributed by atoms with Gasteiger partial charge in [0.2, 0.25) is 0 Å². The molecular formula is C15H13BrFNO2. The molecule has 2 aromatic rings. The molecule has 0 saturated carbocycles. The van der Waals surface area contributed by atoms with Crippen LogP contribution in [0.1, 0.15) is 22.8 Å². The van der Waals surface area contributed by atoms with E-state index in [9.17, 15) is 9.18 Å². The van der Waals surface area contributed by atoms with Crippen LogP contribution in [0.15, 0.2) is 40.9 Å². The van der Waals surface area contributed by atoms with Crippen molar-refractivity contribution in [3.05, 3.63) is 57.8 Å². The van der Waals surface area contributed by atoms with Gasteiger partial charge in [-0.25, -0.2) is 4.39 Å². The Labute approximate surface area is 124 Å². The molecule has 0 bridgehead atoms. The second-order valence-corrected chi connectivity index (χ2v) is 5.11. The van der Waals surface area contributed by atoms with E-state index in [0.29, 0.717) is 27.0 Å². The number of rotatable bonds is 4. The van der Waals surface area contributed by atoms with E-state index in [1.165, 1.54) is 13.0 Å². The molecule has 20 heavy (non-hydrogen) atoms. The lowest BCUT2D eigenvalue weighted by atomic mass is 10.1. The van der Waals surface area contributed by atoms with Crippen molar-refractivity contribution in [1.29, 1.82) is 0 Å². The van der Waals surface area contributed by atoms with Crippen LogP contribution < -0.4 is 10.5 Å². The number of carbonyl (C=O) groups is 1. The lowest BCUT2D eigenvalue weighted by molar-refractivity contribution is 0.101. The lowest BCUT2D eigenvalue weighted by Crippen LogP contribution is -2.03. The van der Waals surface area contributed by atoms with E-state index < -0.39 is 0 Å². The largest absolute Gasteiger partial charge is 0.488 e. The summed E-state index contributed by atoms with van der Waals surface area (Å²) in [6.45, 7) is 1.60. The maximum atomic E-state index is 13.4. The smallest absolute Gasteiger partial charge is 0.163 e. The zero-order chi connectivity index (χ0) is 14.7. The number of Topliss-reactive ketones (excluding diaryl/α,β-unsaturated/α-hetero) is 1. The predicted molar refractivity (Wildman–Crippen MR) is 79.3 cm³/mol. The Balaban J connectivity index is 2.23. The molecular weight excluding hydrogens is 325 g/mol. The van der Waals surface area contributed by atoms with Gasteiger partial charge in [0.05, 0.1) is 10.0 Å². The number of hydrogen-bond donors (Lipinski definition) is 1.